The van der Waals surface area contributed by atoms with Crippen LogP contribution in [-0.2, 0) is 11.3 Å². The maximum atomic E-state index is 12.6. The Hall–Kier alpha value is -3.44. The first-order valence-corrected chi connectivity index (χ1v) is 9.59. The fourth-order valence-electron chi connectivity index (χ4n) is 2.74. The van der Waals surface area contributed by atoms with Crippen molar-refractivity contribution in [3.63, 3.8) is 0 Å². The first-order valence-electron chi connectivity index (χ1n) is 9.19. The molecule has 2 N–H and O–H groups in total. The third-order valence-electron chi connectivity index (χ3n) is 4.19. The Morgan fingerprint density at radius 2 is 2.10 bits per heavy atom. The third-order valence-corrected chi connectivity index (χ3v) is 4.50. The van der Waals surface area contributed by atoms with Gasteiger partial charge in [0.05, 0.1) is 12.7 Å². The van der Waals surface area contributed by atoms with E-state index < -0.39 is 0 Å². The molecule has 0 radical (unpaired) electrons. The SMILES string of the molecule is Cc1ccc(-c2n[nH]c(=S)n2CC(=O)Nc2cccc(OCCCC#N)c2)cc1. The number of aromatic nitrogens is 3. The summed E-state index contributed by atoms with van der Waals surface area (Å²) >= 11 is 5.29. The first-order chi connectivity index (χ1) is 14.1. The Bertz CT molecular complexity index is 1080. The fraction of sp³-hybridized carbons (Fsp3) is 0.238. The van der Waals surface area contributed by atoms with E-state index in [2.05, 4.69) is 21.6 Å². The number of aromatic amines is 1. The number of nitrogens with zero attached hydrogens (tertiary/aromatic N) is 3. The largest absolute Gasteiger partial charge is 0.493 e. The van der Waals surface area contributed by atoms with Crippen LogP contribution in [0.25, 0.3) is 11.4 Å². The van der Waals surface area contributed by atoms with Gasteiger partial charge in [0.2, 0.25) is 5.91 Å². The standard InChI is InChI=1S/C21H21N5O2S/c1-15-7-9-16(10-8-15)20-24-25-21(29)26(20)14-19(27)23-17-5-4-6-18(13-17)28-12-3-2-11-22/h4-10,13H,2-3,12,14H2,1H3,(H,23,27)(H,25,29). The van der Waals surface area contributed by atoms with Gasteiger partial charge in [-0.3, -0.25) is 14.5 Å². The number of benzene rings is 2. The number of unbranched alkanes of at least 4 members (excludes halogenated alkanes) is 1. The van der Waals surface area contributed by atoms with Crippen molar-refractivity contribution >= 4 is 23.8 Å². The lowest BCUT2D eigenvalue weighted by Gasteiger charge is -2.10. The quantitative estimate of drug-likeness (QED) is 0.430. The van der Waals surface area contributed by atoms with E-state index in [0.717, 1.165) is 11.1 Å². The van der Waals surface area contributed by atoms with Crippen LogP contribution in [-0.4, -0.2) is 27.3 Å². The van der Waals surface area contributed by atoms with Crippen LogP contribution in [0.2, 0.25) is 0 Å². The zero-order valence-electron chi connectivity index (χ0n) is 16.0. The second kappa shape index (κ2) is 9.66. The van der Waals surface area contributed by atoms with Gasteiger partial charge in [-0.15, -0.1) is 0 Å². The molecule has 0 saturated heterocycles. The number of hydrogen-bond acceptors (Lipinski definition) is 5. The number of H-pyrrole nitrogens is 1. The van der Waals surface area contributed by atoms with Crippen molar-refractivity contribution in [1.82, 2.24) is 14.8 Å². The molecule has 3 rings (SSSR count). The van der Waals surface area contributed by atoms with Crippen molar-refractivity contribution in [2.24, 2.45) is 0 Å². The molecule has 7 nitrogen and oxygen atoms in total. The number of amides is 1. The van der Waals surface area contributed by atoms with E-state index in [1.54, 1.807) is 22.8 Å². The van der Waals surface area contributed by atoms with Gasteiger partial charge < -0.3 is 10.1 Å². The molecule has 1 aromatic heterocycles. The van der Waals surface area contributed by atoms with E-state index in [1.807, 2.05) is 37.3 Å². The van der Waals surface area contributed by atoms with Gasteiger partial charge in [-0.1, -0.05) is 35.9 Å². The highest BCUT2D eigenvalue weighted by Gasteiger charge is 2.13. The zero-order valence-corrected chi connectivity index (χ0v) is 16.8. The lowest BCUT2D eigenvalue weighted by atomic mass is 10.1. The number of aryl methyl sites for hydroxylation is 1. The van der Waals surface area contributed by atoms with Crippen LogP contribution in [0.5, 0.6) is 5.75 Å². The fourth-order valence-corrected chi connectivity index (χ4v) is 2.93. The molecule has 0 aliphatic carbocycles. The molecular weight excluding hydrogens is 386 g/mol. The van der Waals surface area contributed by atoms with E-state index in [-0.39, 0.29) is 12.5 Å². The molecule has 0 spiro atoms. The summed E-state index contributed by atoms with van der Waals surface area (Å²) < 4.78 is 7.65. The topological polar surface area (TPSA) is 95.7 Å². The average Bonchev–Trinajstić information content (AvgIpc) is 3.06. The van der Waals surface area contributed by atoms with Crippen LogP contribution in [0.15, 0.2) is 48.5 Å². The Labute approximate surface area is 174 Å². The summed E-state index contributed by atoms with van der Waals surface area (Å²) in [4.78, 5) is 12.6. The number of carbonyl (C=O) groups is 1. The molecule has 0 unspecified atom stereocenters. The number of carbonyl (C=O) groups excluding carboxylic acids is 1. The molecule has 29 heavy (non-hydrogen) atoms. The van der Waals surface area contributed by atoms with Crippen molar-refractivity contribution in [1.29, 1.82) is 5.26 Å². The van der Waals surface area contributed by atoms with Crippen LogP contribution in [0.1, 0.15) is 18.4 Å². The summed E-state index contributed by atoms with van der Waals surface area (Å²) in [7, 11) is 0. The molecule has 0 bridgehead atoms. The van der Waals surface area contributed by atoms with Crippen LogP contribution >= 0.6 is 12.2 Å². The normalized spacial score (nSPS) is 10.3. The van der Waals surface area contributed by atoms with Gasteiger partial charge in [-0.25, -0.2) is 0 Å². The van der Waals surface area contributed by atoms with E-state index in [0.29, 0.717) is 41.5 Å². The Morgan fingerprint density at radius 1 is 1.31 bits per heavy atom. The van der Waals surface area contributed by atoms with E-state index in [1.165, 1.54) is 0 Å². The van der Waals surface area contributed by atoms with E-state index in [9.17, 15) is 4.79 Å². The maximum absolute atomic E-state index is 12.6. The highest BCUT2D eigenvalue weighted by atomic mass is 32.1. The second-order valence-corrected chi connectivity index (χ2v) is 6.88. The van der Waals surface area contributed by atoms with Gasteiger partial charge in [-0.2, -0.15) is 10.4 Å². The van der Waals surface area contributed by atoms with Crippen LogP contribution in [0.3, 0.4) is 0 Å². The highest BCUT2D eigenvalue weighted by molar-refractivity contribution is 7.71. The smallest absolute Gasteiger partial charge is 0.244 e. The summed E-state index contributed by atoms with van der Waals surface area (Å²) in [6, 6.07) is 17.1. The number of ether oxygens (including phenoxy) is 1. The summed E-state index contributed by atoms with van der Waals surface area (Å²) in [6.07, 6.45) is 1.11. The zero-order chi connectivity index (χ0) is 20.6. The summed E-state index contributed by atoms with van der Waals surface area (Å²) in [6.45, 7) is 2.50. The van der Waals surface area contributed by atoms with Crippen molar-refractivity contribution in [3.05, 3.63) is 58.9 Å². The minimum atomic E-state index is -0.225. The molecule has 3 aromatic rings. The van der Waals surface area contributed by atoms with Crippen molar-refractivity contribution < 1.29 is 9.53 Å². The van der Waals surface area contributed by atoms with E-state index in [4.69, 9.17) is 22.2 Å². The molecule has 1 amide bonds. The highest BCUT2D eigenvalue weighted by Crippen LogP contribution is 2.20. The molecule has 0 atom stereocenters. The van der Waals surface area contributed by atoms with Crippen molar-refractivity contribution in [2.75, 3.05) is 11.9 Å². The van der Waals surface area contributed by atoms with Crippen LogP contribution < -0.4 is 10.1 Å². The predicted molar refractivity (Wildman–Crippen MR) is 113 cm³/mol. The van der Waals surface area contributed by atoms with Gasteiger partial charge in [0, 0.05) is 23.7 Å². The maximum Gasteiger partial charge on any atom is 0.244 e. The lowest BCUT2D eigenvalue weighted by molar-refractivity contribution is -0.116. The molecule has 0 fully saturated rings. The Balaban J connectivity index is 1.67. The molecular formula is C21H21N5O2S. The number of nitriles is 1. The van der Waals surface area contributed by atoms with E-state index >= 15 is 0 Å². The Kier molecular flexibility index (Phi) is 6.76. The molecule has 0 aliphatic rings. The summed E-state index contributed by atoms with van der Waals surface area (Å²) in [5.41, 5.74) is 2.64. The van der Waals surface area contributed by atoms with Gasteiger partial charge >= 0.3 is 0 Å². The Morgan fingerprint density at radius 3 is 2.86 bits per heavy atom. The minimum absolute atomic E-state index is 0.0335. The molecule has 1 heterocycles. The minimum Gasteiger partial charge on any atom is -0.493 e. The van der Waals surface area contributed by atoms with Gasteiger partial charge in [0.1, 0.15) is 12.3 Å². The molecule has 0 saturated carbocycles. The molecule has 148 valence electrons. The van der Waals surface area contributed by atoms with Crippen molar-refractivity contribution in [3.8, 4) is 23.2 Å². The summed E-state index contributed by atoms with van der Waals surface area (Å²) in [5, 5.41) is 18.4. The van der Waals surface area contributed by atoms with Gasteiger partial charge in [0.25, 0.3) is 0 Å². The predicted octanol–water partition coefficient (Wildman–Crippen LogP) is 4.24. The lowest BCUT2D eigenvalue weighted by Crippen LogP contribution is -2.19. The van der Waals surface area contributed by atoms with Crippen molar-refractivity contribution in [2.45, 2.75) is 26.3 Å². The van der Waals surface area contributed by atoms with Crippen LogP contribution in [0.4, 0.5) is 5.69 Å². The monoisotopic (exact) mass is 407 g/mol. The first kappa shape index (κ1) is 20.3. The number of rotatable bonds is 8. The van der Waals surface area contributed by atoms with Crippen LogP contribution in [0, 0.1) is 23.0 Å². The third kappa shape index (κ3) is 5.53. The van der Waals surface area contributed by atoms with Gasteiger partial charge in [0.15, 0.2) is 10.6 Å². The number of hydrogen-bond donors (Lipinski definition) is 2. The molecule has 2 aromatic carbocycles. The average molecular weight is 407 g/mol. The molecule has 8 heteroatoms. The summed E-state index contributed by atoms with van der Waals surface area (Å²) in [5.74, 6) is 1.03. The number of nitrogens with one attached hydrogen (secondary N) is 2. The second-order valence-electron chi connectivity index (χ2n) is 6.49. The van der Waals surface area contributed by atoms with Gasteiger partial charge in [-0.05, 0) is 37.7 Å². The molecule has 0 aliphatic heterocycles. The number of anilines is 1.